The summed E-state index contributed by atoms with van der Waals surface area (Å²) in [5.74, 6) is 0.0217. The summed E-state index contributed by atoms with van der Waals surface area (Å²) in [6, 6.07) is 1.56. The first-order valence-corrected chi connectivity index (χ1v) is 6.40. The summed E-state index contributed by atoms with van der Waals surface area (Å²) < 4.78 is 18.0. The number of hydrogen-bond donors (Lipinski definition) is 1. The molecule has 2 rings (SSSR count). The van der Waals surface area contributed by atoms with Crippen LogP contribution in [0.15, 0.2) is 6.07 Å². The molecular formula is C12H19N3O4. The number of ether oxygens (including phenoxy) is 3. The van der Waals surface area contributed by atoms with Crippen molar-refractivity contribution in [3.05, 3.63) is 11.8 Å². The molecule has 0 aromatic carbocycles. The van der Waals surface area contributed by atoms with E-state index in [2.05, 4.69) is 5.10 Å². The molecule has 0 spiro atoms. The van der Waals surface area contributed by atoms with Crippen LogP contribution < -0.4 is 10.5 Å². The first kappa shape index (κ1) is 13.8. The maximum Gasteiger partial charge on any atom is 0.269 e. The highest BCUT2D eigenvalue weighted by Gasteiger charge is 2.22. The lowest BCUT2D eigenvalue weighted by atomic mass is 10.2. The largest absolute Gasteiger partial charge is 0.472 e. The zero-order chi connectivity index (χ0) is 13.7. The summed E-state index contributed by atoms with van der Waals surface area (Å²) in [6.45, 7) is 4.98. The van der Waals surface area contributed by atoms with E-state index in [4.69, 9.17) is 19.9 Å². The van der Waals surface area contributed by atoms with Crippen molar-refractivity contribution in [2.24, 2.45) is 5.73 Å². The third-order valence-corrected chi connectivity index (χ3v) is 2.83. The molecule has 0 bridgehead atoms. The second kappa shape index (κ2) is 6.53. The van der Waals surface area contributed by atoms with Crippen molar-refractivity contribution in [3.8, 4) is 5.88 Å². The van der Waals surface area contributed by atoms with E-state index in [-0.39, 0.29) is 11.8 Å². The molecule has 0 radical (unpaired) electrons. The van der Waals surface area contributed by atoms with E-state index in [1.165, 1.54) is 0 Å². The van der Waals surface area contributed by atoms with Crippen molar-refractivity contribution >= 4 is 5.91 Å². The van der Waals surface area contributed by atoms with Gasteiger partial charge in [-0.1, -0.05) is 0 Å². The molecule has 2 heterocycles. The Morgan fingerprint density at radius 2 is 2.37 bits per heavy atom. The molecule has 106 valence electrons. The lowest BCUT2D eigenvalue weighted by Gasteiger charge is -2.24. The third-order valence-electron chi connectivity index (χ3n) is 2.83. The molecule has 7 heteroatoms. The van der Waals surface area contributed by atoms with Crippen LogP contribution in [0.1, 0.15) is 23.8 Å². The third kappa shape index (κ3) is 3.68. The quantitative estimate of drug-likeness (QED) is 0.714. The predicted octanol–water partition coefficient (Wildman–Crippen LogP) is 0.186. The molecule has 7 nitrogen and oxygen atoms in total. The van der Waals surface area contributed by atoms with Crippen molar-refractivity contribution in [3.63, 3.8) is 0 Å². The van der Waals surface area contributed by atoms with Gasteiger partial charge in [-0.25, -0.2) is 4.68 Å². The van der Waals surface area contributed by atoms with E-state index in [0.29, 0.717) is 38.9 Å². The van der Waals surface area contributed by atoms with E-state index >= 15 is 0 Å². The van der Waals surface area contributed by atoms with Crippen LogP contribution in [0.5, 0.6) is 5.88 Å². The summed E-state index contributed by atoms with van der Waals surface area (Å²) in [4.78, 5) is 11.0. The molecule has 1 aliphatic rings. The molecule has 1 atom stereocenters. The Hall–Kier alpha value is -1.60. The van der Waals surface area contributed by atoms with E-state index in [1.54, 1.807) is 10.7 Å². The van der Waals surface area contributed by atoms with Crippen LogP contribution >= 0.6 is 0 Å². The van der Waals surface area contributed by atoms with Gasteiger partial charge in [0, 0.05) is 25.6 Å². The van der Waals surface area contributed by atoms with Gasteiger partial charge in [0.1, 0.15) is 6.10 Å². The molecular weight excluding hydrogens is 250 g/mol. The minimum Gasteiger partial charge on any atom is -0.472 e. The Morgan fingerprint density at radius 1 is 1.58 bits per heavy atom. The number of amides is 1. The zero-order valence-electron chi connectivity index (χ0n) is 11.0. The minimum atomic E-state index is -0.546. The maximum absolute atomic E-state index is 11.0. The van der Waals surface area contributed by atoms with Gasteiger partial charge in [0.2, 0.25) is 5.88 Å². The van der Waals surface area contributed by atoms with Crippen LogP contribution in [0.25, 0.3) is 0 Å². The second-order valence-corrected chi connectivity index (χ2v) is 4.26. The number of rotatable bonds is 7. The minimum absolute atomic E-state index is 0.0217. The van der Waals surface area contributed by atoms with Crippen LogP contribution in [0.3, 0.4) is 0 Å². The standard InChI is InChI=1S/C12H19N3O4/c1-2-17-5-6-18-8-9-3-4-15-11(19-9)7-10(14-15)12(13)16/h7,9H,2-6,8H2,1H3,(H2,13,16). The van der Waals surface area contributed by atoms with Crippen LogP contribution in [0, 0.1) is 0 Å². The van der Waals surface area contributed by atoms with Crippen LogP contribution in [-0.4, -0.2) is 48.2 Å². The number of aromatic nitrogens is 2. The molecule has 0 saturated carbocycles. The Bertz CT molecular complexity index is 433. The van der Waals surface area contributed by atoms with E-state index < -0.39 is 5.91 Å². The summed E-state index contributed by atoms with van der Waals surface area (Å²) >= 11 is 0. The first-order chi connectivity index (χ1) is 9.20. The lowest BCUT2D eigenvalue weighted by molar-refractivity contribution is 0.000219. The number of nitrogens with two attached hydrogens (primary N) is 1. The topological polar surface area (TPSA) is 88.6 Å². The molecule has 1 aromatic rings. The summed E-state index contributed by atoms with van der Waals surface area (Å²) in [7, 11) is 0. The van der Waals surface area contributed by atoms with E-state index in [0.717, 1.165) is 6.42 Å². The van der Waals surface area contributed by atoms with Gasteiger partial charge >= 0.3 is 0 Å². The van der Waals surface area contributed by atoms with Gasteiger partial charge in [-0.05, 0) is 6.92 Å². The monoisotopic (exact) mass is 269 g/mol. The highest BCUT2D eigenvalue weighted by molar-refractivity contribution is 5.91. The fraction of sp³-hybridized carbons (Fsp3) is 0.667. The summed E-state index contributed by atoms with van der Waals surface area (Å²) in [5, 5.41) is 4.06. The number of nitrogens with zero attached hydrogens (tertiary/aromatic N) is 2. The molecule has 19 heavy (non-hydrogen) atoms. The Morgan fingerprint density at radius 3 is 3.11 bits per heavy atom. The molecule has 0 fully saturated rings. The van der Waals surface area contributed by atoms with Crippen molar-refractivity contribution < 1.29 is 19.0 Å². The SMILES string of the molecule is CCOCCOCC1CCn2nc(C(N)=O)cc2O1. The average Bonchev–Trinajstić information content (AvgIpc) is 2.82. The number of primary amides is 1. The number of fused-ring (bicyclic) bond motifs is 1. The van der Waals surface area contributed by atoms with Crippen LogP contribution in [0.4, 0.5) is 0 Å². The second-order valence-electron chi connectivity index (χ2n) is 4.26. The van der Waals surface area contributed by atoms with Crippen LogP contribution in [-0.2, 0) is 16.0 Å². The number of aryl methyl sites for hydroxylation is 1. The summed E-state index contributed by atoms with van der Waals surface area (Å²) in [5.41, 5.74) is 5.41. The molecule has 1 aliphatic heterocycles. The van der Waals surface area contributed by atoms with E-state index in [1.807, 2.05) is 6.92 Å². The normalized spacial score (nSPS) is 17.8. The Kier molecular flexibility index (Phi) is 4.75. The molecule has 1 unspecified atom stereocenters. The fourth-order valence-electron chi connectivity index (χ4n) is 1.87. The molecule has 0 aliphatic carbocycles. The molecule has 1 aromatic heterocycles. The maximum atomic E-state index is 11.0. The smallest absolute Gasteiger partial charge is 0.269 e. The van der Waals surface area contributed by atoms with Gasteiger partial charge in [0.15, 0.2) is 5.69 Å². The van der Waals surface area contributed by atoms with Gasteiger partial charge in [-0.15, -0.1) is 0 Å². The number of carbonyl (C=O) groups is 1. The molecule has 0 saturated heterocycles. The Labute approximate surface area is 111 Å². The zero-order valence-corrected chi connectivity index (χ0v) is 11.0. The highest BCUT2D eigenvalue weighted by Crippen LogP contribution is 2.22. The number of hydrogen-bond acceptors (Lipinski definition) is 5. The van der Waals surface area contributed by atoms with Gasteiger partial charge in [-0.3, -0.25) is 4.79 Å². The first-order valence-electron chi connectivity index (χ1n) is 6.40. The van der Waals surface area contributed by atoms with Crippen molar-refractivity contribution in [2.75, 3.05) is 26.4 Å². The Balaban J connectivity index is 1.79. The average molecular weight is 269 g/mol. The van der Waals surface area contributed by atoms with Gasteiger partial charge in [-0.2, -0.15) is 5.10 Å². The number of carbonyl (C=O) groups excluding carboxylic acids is 1. The highest BCUT2D eigenvalue weighted by atomic mass is 16.6. The fourth-order valence-corrected chi connectivity index (χ4v) is 1.87. The van der Waals surface area contributed by atoms with Gasteiger partial charge in [0.25, 0.3) is 5.91 Å². The van der Waals surface area contributed by atoms with Crippen molar-refractivity contribution in [2.45, 2.75) is 26.0 Å². The van der Waals surface area contributed by atoms with E-state index in [9.17, 15) is 4.79 Å². The van der Waals surface area contributed by atoms with Crippen LogP contribution in [0.2, 0.25) is 0 Å². The molecule has 1 amide bonds. The lowest BCUT2D eigenvalue weighted by Crippen LogP contribution is -2.30. The molecule has 2 N–H and O–H groups in total. The summed E-state index contributed by atoms with van der Waals surface area (Å²) in [6.07, 6.45) is 0.771. The van der Waals surface area contributed by atoms with Gasteiger partial charge in [0.05, 0.1) is 19.8 Å². The van der Waals surface area contributed by atoms with Crippen molar-refractivity contribution in [1.82, 2.24) is 9.78 Å². The van der Waals surface area contributed by atoms with Gasteiger partial charge < -0.3 is 19.9 Å². The van der Waals surface area contributed by atoms with Crippen molar-refractivity contribution in [1.29, 1.82) is 0 Å². The predicted molar refractivity (Wildman–Crippen MR) is 67.1 cm³/mol.